The maximum Gasteiger partial charge on any atom is 0.142 e. The molecule has 0 bridgehead atoms. The first-order valence-corrected chi connectivity index (χ1v) is 18.1. The molecule has 3 nitrogen and oxygen atoms in total. The Hall–Kier alpha value is -6.06. The molecule has 1 unspecified atom stereocenters. The number of rotatable bonds is 6. The number of para-hydroxylation sites is 1. The smallest absolute Gasteiger partial charge is 0.142 e. The Kier molecular flexibility index (Phi) is 7.23. The molecule has 0 spiro atoms. The van der Waals surface area contributed by atoms with E-state index < -0.39 is 0 Å². The van der Waals surface area contributed by atoms with E-state index in [0.29, 0.717) is 5.92 Å². The second-order valence-electron chi connectivity index (χ2n) is 13.8. The molecule has 0 saturated carbocycles. The third-order valence-electron chi connectivity index (χ3n) is 10.7. The van der Waals surface area contributed by atoms with Gasteiger partial charge in [0.25, 0.3) is 0 Å². The summed E-state index contributed by atoms with van der Waals surface area (Å²) in [5.41, 5.74) is 13.7. The van der Waals surface area contributed by atoms with Gasteiger partial charge in [0.1, 0.15) is 22.7 Å². The topological polar surface area (TPSA) is 29.5 Å². The van der Waals surface area contributed by atoms with Crippen LogP contribution in [0.3, 0.4) is 0 Å². The summed E-state index contributed by atoms with van der Waals surface area (Å²) in [5.74, 6) is 2.50. The Morgan fingerprint density at radius 2 is 1.37 bits per heavy atom. The van der Waals surface area contributed by atoms with Crippen LogP contribution in [0.4, 0.5) is 17.1 Å². The molecular formula is C48H37NO2. The van der Waals surface area contributed by atoms with Crippen molar-refractivity contribution >= 4 is 51.2 Å². The molecule has 2 heterocycles. The average molecular weight is 660 g/mol. The van der Waals surface area contributed by atoms with E-state index in [-0.39, 0.29) is 0 Å². The number of benzene rings is 5. The summed E-state index contributed by atoms with van der Waals surface area (Å²) in [5, 5.41) is 2.41. The molecule has 0 N–H and O–H groups in total. The zero-order valence-electron chi connectivity index (χ0n) is 28.4. The van der Waals surface area contributed by atoms with Crippen LogP contribution >= 0.6 is 0 Å². The van der Waals surface area contributed by atoms with Crippen LogP contribution < -0.4 is 4.90 Å². The van der Waals surface area contributed by atoms with E-state index in [1.807, 2.05) is 0 Å². The number of anilines is 3. The molecule has 0 aliphatic heterocycles. The third kappa shape index (κ3) is 5.28. The Bertz CT molecular complexity index is 2550. The highest BCUT2D eigenvalue weighted by atomic mass is 16.3. The predicted octanol–water partition coefficient (Wildman–Crippen LogP) is 13.5. The lowest BCUT2D eigenvalue weighted by Crippen LogP contribution is -2.10. The average Bonchev–Trinajstić information content (AvgIpc) is 3.77. The van der Waals surface area contributed by atoms with Gasteiger partial charge in [-0.25, -0.2) is 0 Å². The van der Waals surface area contributed by atoms with E-state index in [2.05, 4.69) is 163 Å². The van der Waals surface area contributed by atoms with Crippen LogP contribution in [0.5, 0.6) is 0 Å². The highest BCUT2D eigenvalue weighted by molar-refractivity contribution is 5.97. The van der Waals surface area contributed by atoms with Crippen LogP contribution in [-0.4, -0.2) is 0 Å². The van der Waals surface area contributed by atoms with E-state index in [9.17, 15) is 0 Å². The summed E-state index contributed by atoms with van der Waals surface area (Å²) in [6, 6.07) is 40.0. The van der Waals surface area contributed by atoms with Gasteiger partial charge in [-0.15, -0.1) is 0 Å². The Balaban J connectivity index is 1.05. The van der Waals surface area contributed by atoms with Crippen molar-refractivity contribution in [3.63, 3.8) is 0 Å². The maximum atomic E-state index is 6.44. The number of aryl methyl sites for hydroxylation is 2. The fraction of sp³-hybridized carbons (Fsp3) is 0.125. The van der Waals surface area contributed by atoms with E-state index >= 15 is 0 Å². The number of hydrogen-bond acceptors (Lipinski definition) is 3. The molecule has 7 aromatic rings. The maximum absolute atomic E-state index is 6.44. The molecule has 2 aromatic heterocycles. The summed E-state index contributed by atoms with van der Waals surface area (Å²) in [7, 11) is 0. The van der Waals surface area contributed by atoms with Gasteiger partial charge in [0.2, 0.25) is 0 Å². The first kappa shape index (κ1) is 29.8. The van der Waals surface area contributed by atoms with E-state index in [1.165, 1.54) is 27.5 Å². The zero-order valence-corrected chi connectivity index (χ0v) is 28.4. The quantitative estimate of drug-likeness (QED) is 0.178. The second-order valence-corrected chi connectivity index (χ2v) is 13.8. The van der Waals surface area contributed by atoms with Gasteiger partial charge in [0.15, 0.2) is 0 Å². The highest BCUT2D eigenvalue weighted by Gasteiger charge is 2.20. The van der Waals surface area contributed by atoms with E-state index in [0.717, 1.165) is 94.1 Å². The van der Waals surface area contributed by atoms with Crippen molar-refractivity contribution in [1.82, 2.24) is 0 Å². The van der Waals surface area contributed by atoms with E-state index in [1.54, 1.807) is 0 Å². The number of allylic oxidation sites excluding steroid dienone is 6. The fourth-order valence-electron chi connectivity index (χ4n) is 8.12. The van der Waals surface area contributed by atoms with Gasteiger partial charge < -0.3 is 13.7 Å². The van der Waals surface area contributed by atoms with Gasteiger partial charge in [0.05, 0.1) is 0 Å². The minimum absolute atomic E-state index is 0.406. The van der Waals surface area contributed by atoms with Crippen LogP contribution in [0.15, 0.2) is 154 Å². The number of nitrogens with zero attached hydrogens (tertiary/aromatic N) is 1. The van der Waals surface area contributed by atoms with Gasteiger partial charge in [0, 0.05) is 56.9 Å². The monoisotopic (exact) mass is 659 g/mol. The molecule has 0 amide bonds. The van der Waals surface area contributed by atoms with Crippen LogP contribution in [0.2, 0.25) is 0 Å². The summed E-state index contributed by atoms with van der Waals surface area (Å²) in [6.07, 6.45) is 22.7. The molecule has 3 aliphatic carbocycles. The van der Waals surface area contributed by atoms with Crippen molar-refractivity contribution in [2.24, 2.45) is 0 Å². The van der Waals surface area contributed by atoms with Crippen LogP contribution in [0, 0.1) is 0 Å². The molecule has 5 aromatic carbocycles. The van der Waals surface area contributed by atoms with Gasteiger partial charge in [-0.05, 0) is 103 Å². The Labute approximate surface area is 298 Å². The minimum Gasteiger partial charge on any atom is -0.460 e. The lowest BCUT2D eigenvalue weighted by atomic mass is 9.92. The van der Waals surface area contributed by atoms with Gasteiger partial charge in [-0.2, -0.15) is 0 Å². The van der Waals surface area contributed by atoms with Gasteiger partial charge in [-0.1, -0.05) is 103 Å². The fourth-order valence-corrected chi connectivity index (χ4v) is 8.12. The second kappa shape index (κ2) is 12.4. The summed E-state index contributed by atoms with van der Waals surface area (Å²) in [6.45, 7) is 0. The first-order valence-electron chi connectivity index (χ1n) is 18.1. The molecule has 0 saturated heterocycles. The molecule has 3 heteroatoms. The molecule has 51 heavy (non-hydrogen) atoms. The number of fused-ring (bicyclic) bond motifs is 6. The molecule has 0 radical (unpaired) electrons. The molecule has 0 fully saturated rings. The normalized spacial score (nSPS) is 16.1. The summed E-state index contributed by atoms with van der Waals surface area (Å²) >= 11 is 0. The molecule has 10 rings (SSSR count). The molecule has 246 valence electrons. The summed E-state index contributed by atoms with van der Waals surface area (Å²) in [4.78, 5) is 2.36. The van der Waals surface area contributed by atoms with Gasteiger partial charge in [-0.3, -0.25) is 0 Å². The predicted molar refractivity (Wildman–Crippen MR) is 212 cm³/mol. The van der Waals surface area contributed by atoms with Crippen molar-refractivity contribution in [3.8, 4) is 22.3 Å². The van der Waals surface area contributed by atoms with Crippen molar-refractivity contribution in [1.29, 1.82) is 0 Å². The van der Waals surface area contributed by atoms with E-state index in [4.69, 9.17) is 8.83 Å². The highest BCUT2D eigenvalue weighted by Crippen LogP contribution is 2.41. The third-order valence-corrected chi connectivity index (χ3v) is 10.7. The molecule has 1 atom stereocenters. The number of hydrogen-bond donors (Lipinski definition) is 0. The van der Waals surface area contributed by atoms with Crippen LogP contribution in [0.25, 0.3) is 56.3 Å². The van der Waals surface area contributed by atoms with Crippen LogP contribution in [-0.2, 0) is 12.8 Å². The van der Waals surface area contributed by atoms with Crippen molar-refractivity contribution in [2.45, 2.75) is 38.0 Å². The lowest BCUT2D eigenvalue weighted by molar-refractivity contribution is 0.546. The lowest BCUT2D eigenvalue weighted by Gasteiger charge is -2.27. The standard InChI is InChI=1S/C48H37NO2/c1-2-10-32(11-3-1)33-20-25-37(26-21-33)49(38-27-22-34(23-28-38)40-16-9-17-44-42-15-5-7-19-46(42)51-48(40)44)39-13-8-12-35(30-39)36-24-29-43-41-14-4-6-18-45(41)50-47(43)31-36/h1-4,7-10,12-14,16-17,19-32H,5-6,11,15,18H2. The molecular weight excluding hydrogens is 623 g/mol. The zero-order chi connectivity index (χ0) is 33.7. The van der Waals surface area contributed by atoms with Gasteiger partial charge >= 0.3 is 0 Å². The number of furan rings is 2. The first-order chi connectivity index (χ1) is 25.3. The largest absolute Gasteiger partial charge is 0.460 e. The SMILES string of the molecule is C1=CCC(c2ccc(N(c3ccc(-c4cccc5c6c(oc45)C=CCC6)cc3)c3cccc(-c4ccc5c6c(oc5c4)CCC=C6)c3)cc2)C=C1. The Morgan fingerprint density at radius 1 is 0.588 bits per heavy atom. The minimum atomic E-state index is 0.406. The van der Waals surface area contributed by atoms with Crippen molar-refractivity contribution in [2.75, 3.05) is 4.90 Å². The molecule has 3 aliphatic rings. The van der Waals surface area contributed by atoms with Crippen molar-refractivity contribution < 1.29 is 8.83 Å². The van der Waals surface area contributed by atoms with Crippen LogP contribution in [0.1, 0.15) is 53.4 Å². The van der Waals surface area contributed by atoms with Crippen molar-refractivity contribution in [3.05, 3.63) is 174 Å². The summed E-state index contributed by atoms with van der Waals surface area (Å²) < 4.78 is 12.8. The Morgan fingerprint density at radius 3 is 2.24 bits per heavy atom.